The van der Waals surface area contributed by atoms with Gasteiger partial charge in [0.05, 0.1) is 0 Å². The van der Waals surface area contributed by atoms with Gasteiger partial charge in [0, 0.05) is 23.8 Å². The third-order valence-electron chi connectivity index (χ3n) is 3.88. The number of carbonyl (C=O) groups excluding carboxylic acids is 1. The van der Waals surface area contributed by atoms with Crippen molar-refractivity contribution >= 4 is 5.91 Å². The molecule has 1 aromatic heterocycles. The number of hydrogen-bond donors (Lipinski definition) is 1. The van der Waals surface area contributed by atoms with Crippen molar-refractivity contribution in [2.45, 2.75) is 45.3 Å². The monoisotopic (exact) mass is 303 g/mol. The fourth-order valence-corrected chi connectivity index (χ4v) is 2.77. The van der Waals surface area contributed by atoms with Gasteiger partial charge in [-0.05, 0) is 26.7 Å². The van der Waals surface area contributed by atoms with Crippen LogP contribution in [0.15, 0.2) is 40.6 Å². The van der Waals surface area contributed by atoms with E-state index in [9.17, 15) is 14.4 Å². The van der Waals surface area contributed by atoms with Crippen LogP contribution < -0.4 is 11.2 Å². The summed E-state index contributed by atoms with van der Waals surface area (Å²) in [5.41, 5.74) is -0.585. The molecule has 0 saturated carbocycles. The molecule has 1 aliphatic heterocycles. The highest BCUT2D eigenvalue weighted by atomic mass is 16.2. The molecule has 1 N–H and O–H groups in total. The molecular weight excluding hydrogens is 282 g/mol. The predicted octanol–water partition coefficient (Wildman–Crippen LogP) is 0.967. The average Bonchev–Trinajstić information content (AvgIpc) is 2.45. The zero-order valence-corrected chi connectivity index (χ0v) is 12.9. The fourth-order valence-electron chi connectivity index (χ4n) is 2.77. The van der Waals surface area contributed by atoms with Gasteiger partial charge in [-0.15, -0.1) is 6.58 Å². The average molecular weight is 303 g/mol. The van der Waals surface area contributed by atoms with E-state index in [2.05, 4.69) is 17.6 Å². The van der Waals surface area contributed by atoms with E-state index < -0.39 is 11.2 Å². The molecule has 1 amide bonds. The van der Waals surface area contributed by atoms with E-state index in [1.807, 2.05) is 13.0 Å². The van der Waals surface area contributed by atoms with Crippen molar-refractivity contribution in [2.24, 2.45) is 0 Å². The van der Waals surface area contributed by atoms with Gasteiger partial charge in [-0.2, -0.15) is 0 Å². The van der Waals surface area contributed by atoms with E-state index in [1.165, 1.54) is 10.8 Å². The van der Waals surface area contributed by atoms with Crippen LogP contribution in [0, 0.1) is 6.92 Å². The van der Waals surface area contributed by atoms with Gasteiger partial charge in [0.15, 0.2) is 0 Å². The number of carbonyl (C=O) groups is 1. The second-order valence-electron chi connectivity index (χ2n) is 5.58. The lowest BCUT2D eigenvalue weighted by molar-refractivity contribution is -0.135. The molecule has 1 aromatic rings. The van der Waals surface area contributed by atoms with Crippen LogP contribution in [0.25, 0.3) is 0 Å². The maximum absolute atomic E-state index is 12.6. The van der Waals surface area contributed by atoms with Crippen LogP contribution in [0.5, 0.6) is 0 Å². The van der Waals surface area contributed by atoms with Crippen molar-refractivity contribution in [3.63, 3.8) is 0 Å². The highest BCUT2D eigenvalue weighted by molar-refractivity contribution is 5.77. The minimum absolute atomic E-state index is 0.0224. The van der Waals surface area contributed by atoms with Crippen molar-refractivity contribution in [2.75, 3.05) is 0 Å². The number of rotatable bonds is 4. The minimum atomic E-state index is -0.565. The summed E-state index contributed by atoms with van der Waals surface area (Å²) in [5, 5.41) is 0. The molecule has 0 aromatic carbocycles. The van der Waals surface area contributed by atoms with Crippen LogP contribution in [-0.2, 0) is 11.3 Å². The van der Waals surface area contributed by atoms with E-state index in [4.69, 9.17) is 0 Å². The molecule has 0 unspecified atom stereocenters. The molecule has 0 spiro atoms. The van der Waals surface area contributed by atoms with Gasteiger partial charge >= 0.3 is 5.69 Å². The number of hydrogen-bond acceptors (Lipinski definition) is 3. The first-order valence-corrected chi connectivity index (χ1v) is 7.33. The molecule has 2 heterocycles. The number of aromatic amines is 1. The van der Waals surface area contributed by atoms with Crippen molar-refractivity contribution < 1.29 is 4.79 Å². The summed E-state index contributed by atoms with van der Waals surface area (Å²) in [4.78, 5) is 39.8. The Morgan fingerprint density at radius 3 is 2.91 bits per heavy atom. The number of aryl methyl sites for hydroxylation is 1. The van der Waals surface area contributed by atoms with Gasteiger partial charge in [-0.25, -0.2) is 4.79 Å². The zero-order valence-electron chi connectivity index (χ0n) is 12.9. The van der Waals surface area contributed by atoms with Crippen LogP contribution in [0.3, 0.4) is 0 Å². The largest absolute Gasteiger partial charge is 0.331 e. The van der Waals surface area contributed by atoms with Crippen molar-refractivity contribution in [3.8, 4) is 0 Å². The van der Waals surface area contributed by atoms with Crippen LogP contribution in [-0.4, -0.2) is 32.4 Å². The Bertz CT molecular complexity index is 714. The number of nitrogens with zero attached hydrogens (tertiary/aromatic N) is 2. The second kappa shape index (κ2) is 6.60. The number of aromatic nitrogens is 2. The Labute approximate surface area is 128 Å². The SMILES string of the molecule is C=CC[C@H]1CC=C[C@H](C)N1C(=O)Cn1cc(C)c(=O)[nH]c1=O. The molecule has 2 rings (SSSR count). The van der Waals surface area contributed by atoms with Crippen molar-refractivity contribution in [3.05, 3.63) is 57.4 Å². The topological polar surface area (TPSA) is 75.2 Å². The predicted molar refractivity (Wildman–Crippen MR) is 84.7 cm³/mol. The van der Waals surface area contributed by atoms with E-state index in [0.717, 1.165) is 6.42 Å². The summed E-state index contributed by atoms with van der Waals surface area (Å²) in [6.07, 6.45) is 8.76. The fraction of sp³-hybridized carbons (Fsp3) is 0.438. The molecular formula is C16H21N3O3. The molecule has 22 heavy (non-hydrogen) atoms. The smallest absolute Gasteiger partial charge is 0.328 e. The molecule has 0 bridgehead atoms. The Hall–Kier alpha value is -2.37. The number of amides is 1. The maximum Gasteiger partial charge on any atom is 0.328 e. The van der Waals surface area contributed by atoms with E-state index in [0.29, 0.717) is 12.0 Å². The Morgan fingerprint density at radius 2 is 2.23 bits per heavy atom. The summed E-state index contributed by atoms with van der Waals surface area (Å²) in [5.74, 6) is -0.141. The lowest BCUT2D eigenvalue weighted by Crippen LogP contribution is -2.49. The summed E-state index contributed by atoms with van der Waals surface area (Å²) in [7, 11) is 0. The molecule has 2 atom stereocenters. The van der Waals surface area contributed by atoms with Crippen molar-refractivity contribution in [1.82, 2.24) is 14.5 Å². The van der Waals surface area contributed by atoms with Crippen LogP contribution in [0.1, 0.15) is 25.3 Å². The van der Waals surface area contributed by atoms with E-state index in [-0.39, 0.29) is 24.5 Å². The third-order valence-corrected chi connectivity index (χ3v) is 3.88. The van der Waals surface area contributed by atoms with Crippen LogP contribution >= 0.6 is 0 Å². The first-order chi connectivity index (χ1) is 10.4. The van der Waals surface area contributed by atoms with Crippen LogP contribution in [0.4, 0.5) is 0 Å². The quantitative estimate of drug-likeness (QED) is 0.842. The molecule has 0 fully saturated rings. The Kier molecular flexibility index (Phi) is 4.80. The van der Waals surface area contributed by atoms with E-state index >= 15 is 0 Å². The molecule has 6 heteroatoms. The summed E-state index contributed by atoms with van der Waals surface area (Å²) in [6, 6.07) is 0.0373. The number of H-pyrrole nitrogens is 1. The maximum atomic E-state index is 12.6. The van der Waals surface area contributed by atoms with Gasteiger partial charge in [0.25, 0.3) is 5.56 Å². The number of nitrogens with one attached hydrogen (secondary N) is 1. The zero-order chi connectivity index (χ0) is 16.3. The molecule has 0 saturated heterocycles. The van der Waals surface area contributed by atoms with Crippen molar-refractivity contribution in [1.29, 1.82) is 0 Å². The molecule has 1 aliphatic rings. The molecule has 6 nitrogen and oxygen atoms in total. The van der Waals surface area contributed by atoms with Gasteiger partial charge in [-0.3, -0.25) is 19.1 Å². The third kappa shape index (κ3) is 3.27. The first kappa shape index (κ1) is 16.0. The van der Waals surface area contributed by atoms with Gasteiger partial charge in [0.2, 0.25) is 5.91 Å². The second-order valence-corrected chi connectivity index (χ2v) is 5.58. The highest BCUT2D eigenvalue weighted by Gasteiger charge is 2.28. The van der Waals surface area contributed by atoms with Crippen LogP contribution in [0.2, 0.25) is 0 Å². The lowest BCUT2D eigenvalue weighted by Gasteiger charge is -2.37. The van der Waals surface area contributed by atoms with Gasteiger partial charge in [0.1, 0.15) is 6.54 Å². The summed E-state index contributed by atoms with van der Waals surface area (Å²) in [6.45, 7) is 7.21. The summed E-state index contributed by atoms with van der Waals surface area (Å²) < 4.78 is 1.25. The van der Waals surface area contributed by atoms with E-state index in [1.54, 1.807) is 17.9 Å². The summed E-state index contributed by atoms with van der Waals surface area (Å²) >= 11 is 0. The lowest BCUT2D eigenvalue weighted by atomic mass is 10.00. The molecule has 118 valence electrons. The Morgan fingerprint density at radius 1 is 1.50 bits per heavy atom. The first-order valence-electron chi connectivity index (χ1n) is 7.33. The normalized spacial score (nSPS) is 20.9. The highest BCUT2D eigenvalue weighted by Crippen LogP contribution is 2.20. The molecule has 0 radical (unpaired) electrons. The minimum Gasteiger partial charge on any atom is -0.331 e. The van der Waals surface area contributed by atoms with Gasteiger partial charge < -0.3 is 4.90 Å². The Balaban J connectivity index is 2.25. The standard InChI is InChI=1S/C16H21N3O3/c1-4-6-13-8-5-7-12(3)19(13)14(20)10-18-9-11(2)15(21)17-16(18)22/h4-5,7,9,12-13H,1,6,8,10H2,2-3H3,(H,17,21,22)/t12-,13-/m0/s1. The van der Waals surface area contributed by atoms with Gasteiger partial charge in [-0.1, -0.05) is 18.2 Å². The molecule has 0 aliphatic carbocycles.